The predicted molar refractivity (Wildman–Crippen MR) is 109 cm³/mol. The Labute approximate surface area is 170 Å². The lowest BCUT2D eigenvalue weighted by Gasteiger charge is -2.23. The highest BCUT2D eigenvalue weighted by molar-refractivity contribution is 5.97. The van der Waals surface area contributed by atoms with Gasteiger partial charge in [0.15, 0.2) is 0 Å². The molecule has 1 saturated heterocycles. The number of amides is 2. The van der Waals surface area contributed by atoms with Crippen LogP contribution in [0.5, 0.6) is 0 Å². The van der Waals surface area contributed by atoms with E-state index in [2.05, 4.69) is 10.6 Å². The van der Waals surface area contributed by atoms with Crippen LogP contribution in [-0.4, -0.2) is 48.6 Å². The molecular formula is C22H27N3O4. The fourth-order valence-electron chi connectivity index (χ4n) is 3.52. The minimum absolute atomic E-state index is 0.0959. The third-order valence-electron chi connectivity index (χ3n) is 5.13. The van der Waals surface area contributed by atoms with Gasteiger partial charge in [-0.15, -0.1) is 0 Å². The number of carbonyl (C=O) groups is 2. The van der Waals surface area contributed by atoms with E-state index in [-0.39, 0.29) is 24.5 Å². The van der Waals surface area contributed by atoms with Crippen LogP contribution < -0.4 is 10.6 Å². The van der Waals surface area contributed by atoms with E-state index in [4.69, 9.17) is 9.15 Å². The van der Waals surface area contributed by atoms with Crippen molar-refractivity contribution < 1.29 is 18.7 Å². The first-order chi connectivity index (χ1) is 14.2. The number of nitrogens with one attached hydrogen (secondary N) is 2. The lowest BCUT2D eigenvalue weighted by Crippen LogP contribution is -2.37. The maximum Gasteiger partial charge on any atom is 0.251 e. The van der Waals surface area contributed by atoms with Gasteiger partial charge in [0, 0.05) is 30.4 Å². The smallest absolute Gasteiger partial charge is 0.251 e. The quantitative estimate of drug-likeness (QED) is 0.680. The highest BCUT2D eigenvalue weighted by Crippen LogP contribution is 2.20. The van der Waals surface area contributed by atoms with Gasteiger partial charge in [0.05, 0.1) is 25.5 Å². The highest BCUT2D eigenvalue weighted by atomic mass is 16.5. The molecule has 1 aromatic carbocycles. The zero-order chi connectivity index (χ0) is 20.1. The molecule has 29 heavy (non-hydrogen) atoms. The minimum Gasteiger partial charge on any atom is -0.468 e. The number of hydrogen-bond donors (Lipinski definition) is 2. The number of anilines is 1. The molecule has 2 N–H and O–H groups in total. The molecule has 2 amide bonds. The summed E-state index contributed by atoms with van der Waals surface area (Å²) in [6.45, 7) is 2.22. The Hall–Kier alpha value is -2.64. The van der Waals surface area contributed by atoms with Crippen LogP contribution in [0.2, 0.25) is 0 Å². The zero-order valence-corrected chi connectivity index (χ0v) is 16.4. The fourth-order valence-corrected chi connectivity index (χ4v) is 3.52. The van der Waals surface area contributed by atoms with Gasteiger partial charge in [-0.2, -0.15) is 0 Å². The number of hydrogen-bond acceptors (Lipinski definition) is 5. The number of rotatable bonds is 9. The first kappa shape index (κ1) is 19.7. The average Bonchev–Trinajstić information content (AvgIpc) is 3.14. The Bertz CT molecular complexity index is 826. The van der Waals surface area contributed by atoms with Crippen molar-refractivity contribution in [2.45, 2.75) is 44.4 Å². The average molecular weight is 397 g/mol. The molecule has 0 radical (unpaired) electrons. The van der Waals surface area contributed by atoms with Crippen LogP contribution in [0.4, 0.5) is 5.69 Å². The summed E-state index contributed by atoms with van der Waals surface area (Å²) in [7, 11) is 0. The summed E-state index contributed by atoms with van der Waals surface area (Å²) in [4.78, 5) is 26.9. The number of ether oxygens (including phenoxy) is 1. The van der Waals surface area contributed by atoms with Crippen LogP contribution in [0.3, 0.4) is 0 Å². The van der Waals surface area contributed by atoms with Crippen molar-refractivity contribution in [1.29, 1.82) is 0 Å². The third kappa shape index (κ3) is 5.92. The van der Waals surface area contributed by atoms with E-state index < -0.39 is 0 Å². The van der Waals surface area contributed by atoms with Crippen LogP contribution >= 0.6 is 0 Å². The summed E-state index contributed by atoms with van der Waals surface area (Å²) in [6.07, 6.45) is 5.93. The normalized spacial score (nSPS) is 18.7. The first-order valence-electron chi connectivity index (χ1n) is 10.2. The Morgan fingerprint density at radius 1 is 1.14 bits per heavy atom. The molecule has 1 aliphatic carbocycles. The van der Waals surface area contributed by atoms with Crippen LogP contribution in [0.1, 0.15) is 41.8 Å². The molecule has 1 atom stereocenters. The first-order valence-corrected chi connectivity index (χ1v) is 10.2. The van der Waals surface area contributed by atoms with Gasteiger partial charge < -0.3 is 19.8 Å². The number of nitrogens with zero attached hydrogens (tertiary/aromatic N) is 1. The Morgan fingerprint density at radius 3 is 2.76 bits per heavy atom. The second-order valence-electron chi connectivity index (χ2n) is 7.76. The van der Waals surface area contributed by atoms with E-state index in [1.54, 1.807) is 30.5 Å². The van der Waals surface area contributed by atoms with Crippen LogP contribution in [0.15, 0.2) is 47.1 Å². The number of furan rings is 1. The van der Waals surface area contributed by atoms with E-state index in [9.17, 15) is 9.59 Å². The van der Waals surface area contributed by atoms with E-state index in [1.807, 2.05) is 17.0 Å². The van der Waals surface area contributed by atoms with Crippen molar-refractivity contribution in [3.63, 3.8) is 0 Å². The number of benzene rings is 1. The van der Waals surface area contributed by atoms with Gasteiger partial charge in [0.1, 0.15) is 5.76 Å². The second-order valence-corrected chi connectivity index (χ2v) is 7.76. The van der Waals surface area contributed by atoms with E-state index in [0.29, 0.717) is 30.4 Å². The van der Waals surface area contributed by atoms with Gasteiger partial charge in [0.25, 0.3) is 5.91 Å². The molecule has 2 fully saturated rings. The summed E-state index contributed by atoms with van der Waals surface area (Å²) in [5, 5.41) is 5.87. The van der Waals surface area contributed by atoms with Gasteiger partial charge in [-0.1, -0.05) is 6.07 Å². The highest BCUT2D eigenvalue weighted by Gasteiger charge is 2.24. The van der Waals surface area contributed by atoms with Crippen molar-refractivity contribution in [2.75, 3.05) is 25.0 Å². The van der Waals surface area contributed by atoms with Crippen LogP contribution in [0.25, 0.3) is 0 Å². The summed E-state index contributed by atoms with van der Waals surface area (Å²) in [5.74, 6) is 0.588. The summed E-state index contributed by atoms with van der Waals surface area (Å²) >= 11 is 0. The van der Waals surface area contributed by atoms with Gasteiger partial charge in [-0.25, -0.2) is 0 Å². The van der Waals surface area contributed by atoms with E-state index in [0.717, 1.165) is 38.1 Å². The monoisotopic (exact) mass is 397 g/mol. The van der Waals surface area contributed by atoms with Crippen molar-refractivity contribution >= 4 is 17.5 Å². The zero-order valence-electron chi connectivity index (χ0n) is 16.4. The van der Waals surface area contributed by atoms with E-state index in [1.165, 1.54) is 0 Å². The molecule has 0 bridgehead atoms. The topological polar surface area (TPSA) is 83.8 Å². The standard InChI is InChI=1S/C22H27N3O4/c26-21(23-18-5-1-4-16(12-18)22(27)24-17-8-9-17)15-25(13-19-6-2-10-28-19)14-20-7-3-11-29-20/h1-2,4-6,10,12,17,20H,3,7-9,11,13-15H2,(H,23,26)(H,24,27). The molecule has 2 aromatic rings. The van der Waals surface area contributed by atoms with Crippen LogP contribution in [0, 0.1) is 0 Å². The molecule has 7 heteroatoms. The van der Waals surface area contributed by atoms with Gasteiger partial charge in [0.2, 0.25) is 5.91 Å². The van der Waals surface area contributed by atoms with Crippen molar-refractivity contribution in [3.05, 3.63) is 54.0 Å². The SMILES string of the molecule is O=C(CN(Cc1ccco1)CC1CCCO1)Nc1cccc(C(=O)NC2CC2)c1. The molecule has 7 nitrogen and oxygen atoms in total. The summed E-state index contributed by atoms with van der Waals surface area (Å²) in [5.41, 5.74) is 1.18. The third-order valence-corrected chi connectivity index (χ3v) is 5.13. The van der Waals surface area contributed by atoms with Gasteiger partial charge >= 0.3 is 0 Å². The molecule has 2 heterocycles. The largest absolute Gasteiger partial charge is 0.468 e. The van der Waals surface area contributed by atoms with Crippen molar-refractivity contribution in [1.82, 2.24) is 10.2 Å². The lowest BCUT2D eigenvalue weighted by atomic mass is 10.2. The molecule has 1 saturated carbocycles. The molecule has 4 rings (SSSR count). The number of carbonyl (C=O) groups excluding carboxylic acids is 2. The second kappa shape index (κ2) is 9.24. The maximum atomic E-state index is 12.7. The molecule has 0 spiro atoms. The maximum absolute atomic E-state index is 12.7. The summed E-state index contributed by atoms with van der Waals surface area (Å²) in [6, 6.07) is 11.1. The molecule has 1 unspecified atom stereocenters. The van der Waals surface area contributed by atoms with Crippen molar-refractivity contribution in [3.8, 4) is 0 Å². The fraction of sp³-hybridized carbons (Fsp3) is 0.455. The molecular weight excluding hydrogens is 370 g/mol. The Kier molecular flexibility index (Phi) is 6.27. The van der Waals surface area contributed by atoms with Gasteiger partial charge in [-0.3, -0.25) is 14.5 Å². The molecule has 154 valence electrons. The minimum atomic E-state index is -0.130. The summed E-state index contributed by atoms with van der Waals surface area (Å²) < 4.78 is 11.2. The molecule has 1 aliphatic heterocycles. The van der Waals surface area contributed by atoms with E-state index >= 15 is 0 Å². The lowest BCUT2D eigenvalue weighted by molar-refractivity contribution is -0.117. The predicted octanol–water partition coefficient (Wildman–Crippen LogP) is 2.79. The molecule has 2 aliphatic rings. The van der Waals surface area contributed by atoms with Crippen molar-refractivity contribution in [2.24, 2.45) is 0 Å². The van der Waals surface area contributed by atoms with Crippen LogP contribution in [-0.2, 0) is 16.1 Å². The van der Waals surface area contributed by atoms with Gasteiger partial charge in [-0.05, 0) is 56.0 Å². The Morgan fingerprint density at radius 2 is 2.03 bits per heavy atom. The molecule has 1 aromatic heterocycles. The Balaban J connectivity index is 1.35.